The topological polar surface area (TPSA) is 69.8 Å². The number of aromatic nitrogens is 1. The Morgan fingerprint density at radius 3 is 2.96 bits per heavy atom. The lowest BCUT2D eigenvalue weighted by molar-refractivity contribution is -0.130. The van der Waals surface area contributed by atoms with Crippen molar-refractivity contribution in [2.45, 2.75) is 39.2 Å². The summed E-state index contributed by atoms with van der Waals surface area (Å²) in [5.41, 5.74) is 2.00. The first kappa shape index (κ1) is 16.8. The first-order chi connectivity index (χ1) is 12.1. The summed E-state index contributed by atoms with van der Waals surface area (Å²) in [5, 5.41) is 14.0. The van der Waals surface area contributed by atoms with E-state index in [0.29, 0.717) is 18.9 Å². The Morgan fingerprint density at radius 1 is 1.44 bits per heavy atom. The average molecular weight is 345 g/mol. The van der Waals surface area contributed by atoms with Gasteiger partial charge in [-0.2, -0.15) is 0 Å². The first-order valence-corrected chi connectivity index (χ1v) is 9.29. The molecule has 6 nitrogen and oxygen atoms in total. The maximum absolute atomic E-state index is 12.6. The van der Waals surface area contributed by atoms with Crippen LogP contribution in [-0.4, -0.2) is 58.8 Å². The molecule has 3 heterocycles. The third-order valence-electron chi connectivity index (χ3n) is 6.07. The third-order valence-corrected chi connectivity index (χ3v) is 6.07. The van der Waals surface area contributed by atoms with E-state index in [1.807, 2.05) is 17.9 Å². The summed E-state index contributed by atoms with van der Waals surface area (Å²) in [7, 11) is 0. The number of hydrogen-bond acceptors (Lipinski definition) is 5. The molecular formula is C19H27N3O3. The second-order valence-corrected chi connectivity index (χ2v) is 8.03. The Balaban J connectivity index is 1.38. The Kier molecular flexibility index (Phi) is 4.41. The van der Waals surface area contributed by atoms with Gasteiger partial charge in [-0.1, -0.05) is 16.8 Å². The predicted octanol–water partition coefficient (Wildman–Crippen LogP) is 1.74. The number of likely N-dealkylation sites (tertiary alicyclic amines) is 2. The quantitative estimate of drug-likeness (QED) is 0.823. The number of nitrogens with zero attached hydrogens (tertiary/aromatic N) is 3. The van der Waals surface area contributed by atoms with E-state index in [4.69, 9.17) is 4.52 Å². The number of carbonyl (C=O) groups is 1. The molecule has 1 N–H and O–H groups in total. The minimum atomic E-state index is -0.186. The van der Waals surface area contributed by atoms with Gasteiger partial charge < -0.3 is 14.5 Å². The van der Waals surface area contributed by atoms with Crippen LogP contribution in [0.4, 0.5) is 0 Å². The minimum absolute atomic E-state index is 0.135. The molecule has 1 aromatic rings. The molecule has 0 bridgehead atoms. The van der Waals surface area contributed by atoms with Crippen LogP contribution in [-0.2, 0) is 11.3 Å². The lowest BCUT2D eigenvalue weighted by Crippen LogP contribution is -2.38. The summed E-state index contributed by atoms with van der Waals surface area (Å²) in [4.78, 5) is 16.9. The van der Waals surface area contributed by atoms with Gasteiger partial charge in [0.15, 0.2) is 5.76 Å². The highest BCUT2D eigenvalue weighted by Gasteiger charge is 2.53. The standard InChI is InChI=1S/C19H27N3O3/c1-14-6-17(25-20-14)10-21-8-16-9-22(12-19(16,11-21)13-23)18(24)7-15-4-2-3-5-15/h4,6,16,23H,2-3,5,7-13H2,1H3. The molecule has 1 aliphatic carbocycles. The number of aliphatic hydroxyl groups is 1. The van der Waals surface area contributed by atoms with Crippen LogP contribution in [0.15, 0.2) is 22.2 Å². The molecule has 2 saturated heterocycles. The molecule has 2 aliphatic heterocycles. The second-order valence-electron chi connectivity index (χ2n) is 8.03. The third kappa shape index (κ3) is 3.25. The maximum atomic E-state index is 12.6. The second kappa shape index (κ2) is 6.57. The van der Waals surface area contributed by atoms with E-state index in [2.05, 4.69) is 16.1 Å². The SMILES string of the molecule is Cc1cc(CN2CC3CN(C(=O)CC4=CCCC4)CC3(CO)C2)on1. The number of aliphatic hydroxyl groups excluding tert-OH is 1. The fraction of sp³-hybridized carbons (Fsp3) is 0.684. The molecule has 3 aliphatic rings. The van der Waals surface area contributed by atoms with Gasteiger partial charge in [-0.05, 0) is 32.1 Å². The molecule has 6 heteroatoms. The number of carbonyl (C=O) groups excluding carboxylic acids is 1. The Labute approximate surface area is 148 Å². The maximum Gasteiger partial charge on any atom is 0.226 e. The number of fused-ring (bicyclic) bond motifs is 1. The van der Waals surface area contributed by atoms with E-state index < -0.39 is 0 Å². The summed E-state index contributed by atoms with van der Waals surface area (Å²) in [5.74, 6) is 1.43. The number of allylic oxidation sites excluding steroid dienone is 1. The molecule has 0 spiro atoms. The van der Waals surface area contributed by atoms with Crippen LogP contribution in [0.25, 0.3) is 0 Å². The Morgan fingerprint density at radius 2 is 2.32 bits per heavy atom. The van der Waals surface area contributed by atoms with Gasteiger partial charge in [0, 0.05) is 44.1 Å². The summed E-state index contributed by atoms with van der Waals surface area (Å²) in [6.07, 6.45) is 6.15. The summed E-state index contributed by atoms with van der Waals surface area (Å²) < 4.78 is 5.32. The molecule has 0 radical (unpaired) electrons. The van der Waals surface area contributed by atoms with Crippen molar-refractivity contribution in [3.8, 4) is 0 Å². The van der Waals surface area contributed by atoms with Crippen molar-refractivity contribution in [3.63, 3.8) is 0 Å². The molecule has 1 amide bonds. The van der Waals surface area contributed by atoms with Crippen LogP contribution < -0.4 is 0 Å². The molecule has 1 aromatic heterocycles. The Hall–Kier alpha value is -1.66. The van der Waals surface area contributed by atoms with Gasteiger partial charge in [0.25, 0.3) is 0 Å². The van der Waals surface area contributed by atoms with Crippen molar-refractivity contribution in [2.24, 2.45) is 11.3 Å². The van der Waals surface area contributed by atoms with Crippen LogP contribution in [0.3, 0.4) is 0 Å². The van der Waals surface area contributed by atoms with E-state index in [1.54, 1.807) is 0 Å². The molecule has 25 heavy (non-hydrogen) atoms. The summed E-state index contributed by atoms with van der Waals surface area (Å²) in [6, 6.07) is 1.96. The zero-order chi connectivity index (χ0) is 17.4. The smallest absolute Gasteiger partial charge is 0.226 e. The number of aryl methyl sites for hydroxylation is 1. The highest BCUT2D eigenvalue weighted by atomic mass is 16.5. The van der Waals surface area contributed by atoms with Crippen molar-refractivity contribution in [2.75, 3.05) is 32.8 Å². The van der Waals surface area contributed by atoms with Crippen molar-refractivity contribution >= 4 is 5.91 Å². The number of amides is 1. The fourth-order valence-electron chi connectivity index (χ4n) is 4.74. The summed E-state index contributed by atoms with van der Waals surface area (Å²) in [6.45, 7) is 5.91. The first-order valence-electron chi connectivity index (χ1n) is 9.29. The summed E-state index contributed by atoms with van der Waals surface area (Å²) >= 11 is 0. The lowest BCUT2D eigenvalue weighted by atomic mass is 9.82. The van der Waals surface area contributed by atoms with E-state index >= 15 is 0 Å². The van der Waals surface area contributed by atoms with Crippen LogP contribution in [0.2, 0.25) is 0 Å². The molecule has 0 aromatic carbocycles. The van der Waals surface area contributed by atoms with Gasteiger partial charge in [-0.3, -0.25) is 9.69 Å². The van der Waals surface area contributed by atoms with Crippen LogP contribution >= 0.6 is 0 Å². The van der Waals surface area contributed by atoms with Crippen molar-refractivity contribution < 1.29 is 14.4 Å². The van der Waals surface area contributed by atoms with E-state index in [-0.39, 0.29) is 17.9 Å². The van der Waals surface area contributed by atoms with Crippen molar-refractivity contribution in [1.82, 2.24) is 15.0 Å². The van der Waals surface area contributed by atoms with Crippen molar-refractivity contribution in [3.05, 3.63) is 29.2 Å². The van der Waals surface area contributed by atoms with Gasteiger partial charge in [0.2, 0.25) is 5.91 Å². The van der Waals surface area contributed by atoms with Crippen LogP contribution in [0, 0.1) is 18.3 Å². The number of rotatable bonds is 5. The van der Waals surface area contributed by atoms with E-state index in [1.165, 1.54) is 12.0 Å². The van der Waals surface area contributed by atoms with Gasteiger partial charge in [0.1, 0.15) is 0 Å². The fourth-order valence-corrected chi connectivity index (χ4v) is 4.74. The molecule has 2 fully saturated rings. The normalized spacial score (nSPS) is 29.3. The molecule has 2 unspecified atom stereocenters. The Bertz CT molecular complexity index is 683. The molecular weight excluding hydrogens is 318 g/mol. The van der Waals surface area contributed by atoms with Crippen LogP contribution in [0.1, 0.15) is 37.1 Å². The van der Waals surface area contributed by atoms with Gasteiger partial charge >= 0.3 is 0 Å². The average Bonchev–Trinajstić information content (AvgIpc) is 3.32. The number of hydrogen-bond donors (Lipinski definition) is 1. The zero-order valence-electron chi connectivity index (χ0n) is 14.9. The minimum Gasteiger partial charge on any atom is -0.396 e. The molecule has 0 saturated carbocycles. The highest BCUT2D eigenvalue weighted by Crippen LogP contribution is 2.43. The molecule has 2 atom stereocenters. The van der Waals surface area contributed by atoms with Gasteiger partial charge in [0.05, 0.1) is 18.8 Å². The highest BCUT2D eigenvalue weighted by molar-refractivity contribution is 5.79. The zero-order valence-corrected chi connectivity index (χ0v) is 14.9. The largest absolute Gasteiger partial charge is 0.396 e. The lowest BCUT2D eigenvalue weighted by Gasteiger charge is -2.27. The van der Waals surface area contributed by atoms with Crippen molar-refractivity contribution in [1.29, 1.82) is 0 Å². The van der Waals surface area contributed by atoms with Crippen LogP contribution in [0.5, 0.6) is 0 Å². The van der Waals surface area contributed by atoms with Gasteiger partial charge in [-0.25, -0.2) is 0 Å². The molecule has 136 valence electrons. The van der Waals surface area contributed by atoms with Gasteiger partial charge in [-0.15, -0.1) is 0 Å². The predicted molar refractivity (Wildman–Crippen MR) is 92.7 cm³/mol. The monoisotopic (exact) mass is 345 g/mol. The molecule has 4 rings (SSSR count). The van der Waals surface area contributed by atoms with E-state index in [0.717, 1.165) is 50.5 Å². The van der Waals surface area contributed by atoms with E-state index in [9.17, 15) is 9.90 Å².